The number of carboxylic acids is 1. The Hall–Kier alpha value is -2.28. The third-order valence-corrected chi connectivity index (χ3v) is 5.31. The smallest absolute Gasteiger partial charge is 0.305 e. The summed E-state index contributed by atoms with van der Waals surface area (Å²) in [4.78, 5) is 27.9. The van der Waals surface area contributed by atoms with E-state index < -0.39 is 11.5 Å². The van der Waals surface area contributed by atoms with Gasteiger partial charge >= 0.3 is 5.97 Å². The van der Waals surface area contributed by atoms with Gasteiger partial charge in [0, 0.05) is 11.8 Å². The first-order valence-electron chi connectivity index (χ1n) is 8.19. The summed E-state index contributed by atoms with van der Waals surface area (Å²) in [5.74, 6) is -1.55. The number of hydrogen-bond donors (Lipinski definition) is 2. The molecule has 1 heterocycles. The monoisotopic (exact) mass is 362 g/mol. The summed E-state index contributed by atoms with van der Waals surface area (Å²) in [6.45, 7) is 0. The lowest BCUT2D eigenvalue weighted by Gasteiger charge is -2.28. The maximum atomic E-state index is 13.2. The number of hydrogen-bond acceptors (Lipinski definition) is 4. The third-order valence-electron chi connectivity index (χ3n) is 4.46. The van der Waals surface area contributed by atoms with E-state index in [-0.39, 0.29) is 23.8 Å². The molecule has 0 atom stereocenters. The van der Waals surface area contributed by atoms with Crippen LogP contribution in [-0.4, -0.2) is 27.5 Å². The van der Waals surface area contributed by atoms with Gasteiger partial charge in [0.05, 0.1) is 17.0 Å². The average molecular weight is 362 g/mol. The molecule has 5 nitrogen and oxygen atoms in total. The predicted molar refractivity (Wildman–Crippen MR) is 92.2 cm³/mol. The minimum Gasteiger partial charge on any atom is -0.481 e. The van der Waals surface area contributed by atoms with Gasteiger partial charge in [-0.05, 0) is 30.5 Å². The summed E-state index contributed by atoms with van der Waals surface area (Å²) in [5.41, 5.74) is 0.405. The van der Waals surface area contributed by atoms with E-state index in [0.29, 0.717) is 19.3 Å². The first-order valence-corrected chi connectivity index (χ1v) is 9.07. The molecular weight excluding hydrogens is 343 g/mol. The van der Waals surface area contributed by atoms with Gasteiger partial charge in [0.1, 0.15) is 11.5 Å². The molecule has 2 N–H and O–H groups in total. The molecule has 1 aliphatic carbocycles. The van der Waals surface area contributed by atoms with Crippen molar-refractivity contribution >= 4 is 23.2 Å². The molecule has 3 rings (SSSR count). The van der Waals surface area contributed by atoms with Crippen LogP contribution in [0.2, 0.25) is 0 Å². The van der Waals surface area contributed by atoms with Crippen molar-refractivity contribution in [1.29, 1.82) is 0 Å². The maximum Gasteiger partial charge on any atom is 0.305 e. The molecule has 1 amide bonds. The van der Waals surface area contributed by atoms with E-state index >= 15 is 0 Å². The number of benzene rings is 1. The van der Waals surface area contributed by atoms with Gasteiger partial charge in [0.25, 0.3) is 5.91 Å². The topological polar surface area (TPSA) is 79.3 Å². The van der Waals surface area contributed by atoms with Gasteiger partial charge in [0.15, 0.2) is 0 Å². The number of rotatable bonds is 6. The highest BCUT2D eigenvalue weighted by atomic mass is 32.1. The van der Waals surface area contributed by atoms with Gasteiger partial charge < -0.3 is 10.4 Å². The predicted octanol–water partition coefficient (Wildman–Crippen LogP) is 3.39. The summed E-state index contributed by atoms with van der Waals surface area (Å²) in [5, 5.41) is 14.4. The number of aliphatic carboxylic acids is 1. The highest BCUT2D eigenvalue weighted by Crippen LogP contribution is 2.33. The van der Waals surface area contributed by atoms with Crippen molar-refractivity contribution in [2.75, 3.05) is 0 Å². The molecule has 0 radical (unpaired) electrons. The second kappa shape index (κ2) is 7.31. The van der Waals surface area contributed by atoms with Crippen molar-refractivity contribution in [3.63, 3.8) is 0 Å². The van der Waals surface area contributed by atoms with Gasteiger partial charge in [-0.2, -0.15) is 0 Å². The lowest BCUT2D eigenvalue weighted by Crippen LogP contribution is -2.47. The molecular formula is C18H19FN2O3S. The summed E-state index contributed by atoms with van der Waals surface area (Å²) in [6, 6.07) is 6.28. The van der Waals surface area contributed by atoms with Crippen LogP contribution >= 0.6 is 11.3 Å². The van der Waals surface area contributed by atoms with Crippen molar-refractivity contribution in [1.82, 2.24) is 10.3 Å². The molecule has 0 unspecified atom stereocenters. The van der Waals surface area contributed by atoms with E-state index in [0.717, 1.165) is 23.4 Å². The number of aromatic nitrogens is 1. The second-order valence-electron chi connectivity index (χ2n) is 6.45. The minimum absolute atomic E-state index is 0.0704. The summed E-state index contributed by atoms with van der Waals surface area (Å²) >= 11 is 1.34. The lowest BCUT2D eigenvalue weighted by molar-refractivity contribution is -0.138. The lowest BCUT2D eigenvalue weighted by atomic mass is 9.93. The Bertz CT molecular complexity index is 784. The quantitative estimate of drug-likeness (QED) is 0.825. The largest absolute Gasteiger partial charge is 0.481 e. The SMILES string of the molecule is O=C(O)CC1(NC(=O)c2csc(Cc3cccc(F)c3)n2)CCCC1. The number of nitrogens with one attached hydrogen (secondary N) is 1. The van der Waals surface area contributed by atoms with Gasteiger partial charge in [-0.15, -0.1) is 11.3 Å². The first-order chi connectivity index (χ1) is 12.0. The molecule has 0 bridgehead atoms. The number of amides is 1. The number of halogens is 1. The molecule has 25 heavy (non-hydrogen) atoms. The first kappa shape index (κ1) is 17.5. The van der Waals surface area contributed by atoms with Crippen LogP contribution in [0.3, 0.4) is 0 Å². The van der Waals surface area contributed by atoms with Crippen molar-refractivity contribution in [2.45, 2.75) is 44.1 Å². The van der Waals surface area contributed by atoms with Crippen LogP contribution < -0.4 is 5.32 Å². The number of nitrogens with zero attached hydrogens (tertiary/aromatic N) is 1. The molecule has 2 aromatic rings. The van der Waals surface area contributed by atoms with Crippen LogP contribution in [0.5, 0.6) is 0 Å². The normalized spacial score (nSPS) is 15.9. The molecule has 0 aliphatic heterocycles. The van der Waals surface area contributed by atoms with Gasteiger partial charge in [-0.25, -0.2) is 9.37 Å². The third kappa shape index (κ3) is 4.42. The maximum absolute atomic E-state index is 13.2. The zero-order valence-electron chi connectivity index (χ0n) is 13.6. The highest BCUT2D eigenvalue weighted by molar-refractivity contribution is 7.09. The Morgan fingerprint density at radius 3 is 2.76 bits per heavy atom. The molecule has 0 spiro atoms. The molecule has 0 saturated heterocycles. The van der Waals surface area contributed by atoms with Gasteiger partial charge in [0.2, 0.25) is 0 Å². The van der Waals surface area contributed by atoms with Crippen molar-refractivity contribution in [3.05, 3.63) is 51.7 Å². The fraction of sp³-hybridized carbons (Fsp3) is 0.389. The number of carbonyl (C=O) groups excluding carboxylic acids is 1. The van der Waals surface area contributed by atoms with Crippen molar-refractivity contribution < 1.29 is 19.1 Å². The zero-order valence-corrected chi connectivity index (χ0v) is 14.4. The molecule has 1 aromatic heterocycles. The van der Waals surface area contributed by atoms with Crippen molar-refractivity contribution in [2.24, 2.45) is 0 Å². The van der Waals surface area contributed by atoms with Crippen LogP contribution in [0.25, 0.3) is 0 Å². The second-order valence-corrected chi connectivity index (χ2v) is 7.39. The Labute approximate surface area is 148 Å². The Kier molecular flexibility index (Phi) is 5.13. The van der Waals surface area contributed by atoms with Crippen LogP contribution in [0.15, 0.2) is 29.6 Å². The van der Waals surface area contributed by atoms with E-state index in [9.17, 15) is 14.0 Å². The van der Waals surface area contributed by atoms with Crippen LogP contribution in [-0.2, 0) is 11.2 Å². The van der Waals surface area contributed by atoms with Crippen LogP contribution in [0.1, 0.15) is 53.2 Å². The summed E-state index contributed by atoms with van der Waals surface area (Å²) in [7, 11) is 0. The average Bonchev–Trinajstić information content (AvgIpc) is 3.16. The highest BCUT2D eigenvalue weighted by Gasteiger charge is 2.38. The van der Waals surface area contributed by atoms with E-state index in [2.05, 4.69) is 10.3 Å². The molecule has 7 heteroatoms. The molecule has 1 fully saturated rings. The minimum atomic E-state index is -0.910. The molecule has 1 aliphatic rings. The summed E-state index contributed by atoms with van der Waals surface area (Å²) < 4.78 is 13.2. The van der Waals surface area contributed by atoms with Gasteiger partial charge in [-0.1, -0.05) is 25.0 Å². The number of carbonyl (C=O) groups is 2. The van der Waals surface area contributed by atoms with E-state index in [1.54, 1.807) is 11.4 Å². The molecule has 1 saturated carbocycles. The van der Waals surface area contributed by atoms with E-state index in [1.807, 2.05) is 6.07 Å². The van der Waals surface area contributed by atoms with Gasteiger partial charge in [-0.3, -0.25) is 9.59 Å². The molecule has 1 aromatic carbocycles. The Morgan fingerprint density at radius 2 is 2.08 bits per heavy atom. The number of carboxylic acid groups (broad SMARTS) is 1. The van der Waals surface area contributed by atoms with Crippen LogP contribution in [0.4, 0.5) is 4.39 Å². The Morgan fingerprint density at radius 1 is 1.32 bits per heavy atom. The fourth-order valence-electron chi connectivity index (χ4n) is 3.31. The zero-order chi connectivity index (χ0) is 17.9. The van der Waals surface area contributed by atoms with Crippen LogP contribution in [0, 0.1) is 5.82 Å². The van der Waals surface area contributed by atoms with E-state index in [4.69, 9.17) is 5.11 Å². The fourth-order valence-corrected chi connectivity index (χ4v) is 4.12. The Balaban J connectivity index is 1.68. The standard InChI is InChI=1S/C18H19FN2O3S/c19-13-5-3-4-12(8-13)9-15-20-14(11-25-15)17(24)21-18(10-16(22)23)6-1-2-7-18/h3-5,8,11H,1-2,6-7,9-10H2,(H,21,24)(H,22,23). The number of thiazole rings is 1. The van der Waals surface area contributed by atoms with Crippen molar-refractivity contribution in [3.8, 4) is 0 Å². The summed E-state index contributed by atoms with van der Waals surface area (Å²) in [6.07, 6.45) is 3.55. The van der Waals surface area contributed by atoms with E-state index in [1.165, 1.54) is 23.5 Å². The molecule has 132 valence electrons.